The van der Waals surface area contributed by atoms with Crippen molar-refractivity contribution in [2.75, 3.05) is 0 Å². The van der Waals surface area contributed by atoms with Crippen molar-refractivity contribution in [2.45, 2.75) is 71.3 Å². The smallest absolute Gasteiger partial charge is 0.0653 e. The second-order valence-corrected chi connectivity index (χ2v) is 5.50. The third-order valence-corrected chi connectivity index (χ3v) is 4.08. The van der Waals surface area contributed by atoms with Crippen molar-refractivity contribution in [2.24, 2.45) is 11.8 Å². The Balaban J connectivity index is 2.63. The number of rotatable bonds is 6. The third-order valence-electron chi connectivity index (χ3n) is 4.08. The van der Waals surface area contributed by atoms with Crippen LogP contribution in [0.3, 0.4) is 0 Å². The van der Waals surface area contributed by atoms with Crippen LogP contribution in [0.25, 0.3) is 0 Å². The Kier molecular flexibility index (Phi) is 5.54. The topological polar surface area (TPSA) is 20.2 Å². The normalized spacial score (nSPS) is 26.4. The number of allylic oxidation sites excluding steroid dienone is 2. The Hall–Kier alpha value is -0.300. The Bertz CT molecular complexity index is 217. The highest BCUT2D eigenvalue weighted by atomic mass is 16.3. The fourth-order valence-electron chi connectivity index (χ4n) is 3.10. The zero-order chi connectivity index (χ0) is 12.0. The summed E-state index contributed by atoms with van der Waals surface area (Å²) in [5.41, 5.74) is -0.475. The predicted octanol–water partition coefficient (Wildman–Crippen LogP) is 4.31. The van der Waals surface area contributed by atoms with Crippen molar-refractivity contribution in [1.29, 1.82) is 0 Å². The summed E-state index contributed by atoms with van der Waals surface area (Å²) in [7, 11) is 0. The first kappa shape index (κ1) is 13.8. The van der Waals surface area contributed by atoms with Gasteiger partial charge in [0.15, 0.2) is 0 Å². The van der Waals surface area contributed by atoms with E-state index in [0.29, 0.717) is 11.8 Å². The summed E-state index contributed by atoms with van der Waals surface area (Å²) in [6, 6.07) is 0. The lowest BCUT2D eigenvalue weighted by Crippen LogP contribution is -2.38. The number of aliphatic hydroxyl groups is 1. The Morgan fingerprint density at radius 2 is 2.19 bits per heavy atom. The van der Waals surface area contributed by atoms with Crippen LogP contribution < -0.4 is 0 Å². The molecule has 1 aliphatic carbocycles. The first-order valence-corrected chi connectivity index (χ1v) is 7.00. The predicted molar refractivity (Wildman–Crippen MR) is 70.4 cm³/mol. The van der Waals surface area contributed by atoms with Crippen molar-refractivity contribution in [1.82, 2.24) is 0 Å². The number of unbranched alkanes of at least 4 members (excludes halogenated alkanes) is 1. The lowest BCUT2D eigenvalue weighted by Gasteiger charge is -2.38. The molecule has 0 heterocycles. The molecule has 0 fully saturated rings. The molecule has 0 saturated carbocycles. The molecule has 0 aliphatic heterocycles. The number of hydrogen-bond donors (Lipinski definition) is 1. The minimum atomic E-state index is -0.475. The summed E-state index contributed by atoms with van der Waals surface area (Å²) in [6.45, 7) is 6.45. The van der Waals surface area contributed by atoms with Crippen molar-refractivity contribution in [3.8, 4) is 0 Å². The van der Waals surface area contributed by atoms with E-state index in [4.69, 9.17) is 0 Å². The van der Waals surface area contributed by atoms with Gasteiger partial charge in [0.05, 0.1) is 5.60 Å². The quantitative estimate of drug-likeness (QED) is 0.667. The molecule has 0 aromatic heterocycles. The lowest BCUT2D eigenvalue weighted by molar-refractivity contribution is -0.0312. The van der Waals surface area contributed by atoms with Crippen LogP contribution >= 0.6 is 0 Å². The summed E-state index contributed by atoms with van der Waals surface area (Å²) in [5, 5.41) is 10.6. The average Bonchev–Trinajstić information content (AvgIpc) is 2.28. The first-order valence-electron chi connectivity index (χ1n) is 7.00. The molecule has 94 valence electrons. The van der Waals surface area contributed by atoms with Crippen LogP contribution in [0.15, 0.2) is 12.2 Å². The summed E-state index contributed by atoms with van der Waals surface area (Å²) in [5.74, 6) is 1.04. The molecule has 0 radical (unpaired) electrons. The van der Waals surface area contributed by atoms with E-state index >= 15 is 0 Å². The maximum atomic E-state index is 10.6. The Morgan fingerprint density at radius 1 is 1.44 bits per heavy atom. The van der Waals surface area contributed by atoms with Gasteiger partial charge in [-0.05, 0) is 44.4 Å². The molecule has 0 saturated heterocycles. The lowest BCUT2D eigenvalue weighted by atomic mass is 9.72. The van der Waals surface area contributed by atoms with E-state index in [0.717, 1.165) is 19.3 Å². The molecule has 1 aliphatic rings. The Morgan fingerprint density at radius 3 is 2.69 bits per heavy atom. The average molecular weight is 224 g/mol. The maximum Gasteiger partial charge on any atom is 0.0653 e. The standard InChI is InChI=1S/C15H28O/c1-4-6-12-15(3,16)14(5-2)13-10-8-7-9-11-13/h8,10,13-14,16H,4-7,9,11-12H2,1-3H3. The largest absolute Gasteiger partial charge is 0.390 e. The van der Waals surface area contributed by atoms with Crippen molar-refractivity contribution in [3.63, 3.8) is 0 Å². The van der Waals surface area contributed by atoms with E-state index in [2.05, 4.69) is 26.0 Å². The number of hydrogen-bond acceptors (Lipinski definition) is 1. The van der Waals surface area contributed by atoms with Gasteiger partial charge >= 0.3 is 0 Å². The van der Waals surface area contributed by atoms with Gasteiger partial charge in [0.1, 0.15) is 0 Å². The van der Waals surface area contributed by atoms with Crippen molar-refractivity contribution in [3.05, 3.63) is 12.2 Å². The van der Waals surface area contributed by atoms with Gasteiger partial charge in [-0.2, -0.15) is 0 Å². The van der Waals surface area contributed by atoms with E-state index in [1.165, 1.54) is 25.7 Å². The van der Waals surface area contributed by atoms with Gasteiger partial charge in [-0.1, -0.05) is 45.3 Å². The van der Waals surface area contributed by atoms with Crippen molar-refractivity contribution < 1.29 is 5.11 Å². The second kappa shape index (κ2) is 6.44. The molecule has 1 nitrogen and oxygen atoms in total. The Labute approximate surface area is 101 Å². The molecule has 0 aromatic rings. The summed E-state index contributed by atoms with van der Waals surface area (Å²) in [4.78, 5) is 0. The molecule has 1 heteroatoms. The highest BCUT2D eigenvalue weighted by Crippen LogP contribution is 2.37. The van der Waals surface area contributed by atoms with E-state index in [1.54, 1.807) is 0 Å². The molecule has 16 heavy (non-hydrogen) atoms. The molecule has 0 spiro atoms. The molecule has 0 bridgehead atoms. The van der Waals surface area contributed by atoms with Gasteiger partial charge in [0, 0.05) is 0 Å². The first-order chi connectivity index (χ1) is 7.61. The molecule has 1 rings (SSSR count). The molecule has 3 unspecified atom stereocenters. The summed E-state index contributed by atoms with van der Waals surface area (Å²) in [6.07, 6.45) is 12.8. The van der Waals surface area contributed by atoms with Crippen LogP contribution in [-0.4, -0.2) is 10.7 Å². The monoisotopic (exact) mass is 224 g/mol. The second-order valence-electron chi connectivity index (χ2n) is 5.50. The molecule has 0 amide bonds. The molecular weight excluding hydrogens is 196 g/mol. The van der Waals surface area contributed by atoms with E-state index in [-0.39, 0.29) is 0 Å². The zero-order valence-electron chi connectivity index (χ0n) is 11.2. The molecule has 0 aromatic carbocycles. The zero-order valence-corrected chi connectivity index (χ0v) is 11.2. The van der Waals surface area contributed by atoms with Gasteiger partial charge < -0.3 is 5.11 Å². The van der Waals surface area contributed by atoms with Gasteiger partial charge in [-0.3, -0.25) is 0 Å². The summed E-state index contributed by atoms with van der Waals surface area (Å²) < 4.78 is 0. The van der Waals surface area contributed by atoms with Gasteiger partial charge in [0.25, 0.3) is 0 Å². The van der Waals surface area contributed by atoms with Gasteiger partial charge in [0.2, 0.25) is 0 Å². The van der Waals surface area contributed by atoms with E-state index in [1.807, 2.05) is 6.92 Å². The minimum Gasteiger partial charge on any atom is -0.390 e. The highest BCUT2D eigenvalue weighted by molar-refractivity contribution is 4.99. The van der Waals surface area contributed by atoms with Crippen LogP contribution in [0.1, 0.15) is 65.7 Å². The fourth-order valence-corrected chi connectivity index (χ4v) is 3.10. The third kappa shape index (κ3) is 3.62. The van der Waals surface area contributed by atoms with Crippen LogP contribution in [0.2, 0.25) is 0 Å². The summed E-state index contributed by atoms with van der Waals surface area (Å²) >= 11 is 0. The van der Waals surface area contributed by atoms with Gasteiger partial charge in [-0.15, -0.1) is 0 Å². The van der Waals surface area contributed by atoms with Crippen molar-refractivity contribution >= 4 is 0 Å². The van der Waals surface area contributed by atoms with E-state index in [9.17, 15) is 5.11 Å². The highest BCUT2D eigenvalue weighted by Gasteiger charge is 2.34. The van der Waals surface area contributed by atoms with Crippen LogP contribution in [0.5, 0.6) is 0 Å². The fraction of sp³-hybridized carbons (Fsp3) is 0.867. The SMILES string of the molecule is CCCCC(C)(O)C(CC)C1C=CCCC1. The van der Waals surface area contributed by atoms with Gasteiger partial charge in [-0.25, -0.2) is 0 Å². The van der Waals surface area contributed by atoms with Crippen LogP contribution in [-0.2, 0) is 0 Å². The van der Waals surface area contributed by atoms with Crippen LogP contribution in [0, 0.1) is 11.8 Å². The minimum absolute atomic E-state index is 0.440. The van der Waals surface area contributed by atoms with E-state index < -0.39 is 5.60 Å². The molecule has 3 atom stereocenters. The van der Waals surface area contributed by atoms with Crippen LogP contribution in [0.4, 0.5) is 0 Å². The molecular formula is C15H28O. The maximum absolute atomic E-state index is 10.6. The molecule has 1 N–H and O–H groups in total.